The Bertz CT molecular complexity index is 828. The highest BCUT2D eigenvalue weighted by molar-refractivity contribution is 6.35. The van der Waals surface area contributed by atoms with E-state index in [2.05, 4.69) is 34.9 Å². The number of benzene rings is 1. The van der Waals surface area contributed by atoms with E-state index in [0.717, 1.165) is 51.0 Å². The molecule has 0 bridgehead atoms. The maximum absolute atomic E-state index is 12.4. The Hall–Kier alpha value is -2.60. The normalized spacial score (nSPS) is 20.5. The Morgan fingerprint density at radius 1 is 1.03 bits per heavy atom. The van der Waals surface area contributed by atoms with Crippen LogP contribution < -0.4 is 15.5 Å². The van der Waals surface area contributed by atoms with E-state index in [0.29, 0.717) is 6.54 Å². The monoisotopic (exact) mass is 396 g/mol. The van der Waals surface area contributed by atoms with Crippen LogP contribution in [0, 0.1) is 0 Å². The minimum atomic E-state index is -0.552. The molecule has 0 saturated heterocycles. The Balaban J connectivity index is 1.38. The largest absolute Gasteiger partial charge is 0.463 e. The lowest BCUT2D eigenvalue weighted by atomic mass is 9.95. The predicted octanol–water partition coefficient (Wildman–Crippen LogP) is 1.53. The zero-order valence-corrected chi connectivity index (χ0v) is 16.8. The van der Waals surface area contributed by atoms with Gasteiger partial charge < -0.3 is 20.0 Å². The average molecular weight is 397 g/mol. The summed E-state index contributed by atoms with van der Waals surface area (Å²) >= 11 is 0. The molecular formula is C23H30N3O3+. The van der Waals surface area contributed by atoms with Crippen molar-refractivity contribution < 1.29 is 18.9 Å². The number of nitrogens with one attached hydrogen (secondary N) is 3. The average Bonchev–Trinajstić information content (AvgIpc) is 3.29. The first-order valence-corrected chi connectivity index (χ1v) is 10.7. The summed E-state index contributed by atoms with van der Waals surface area (Å²) in [6.07, 6.45) is 8.04. The van der Waals surface area contributed by atoms with Crippen LogP contribution in [-0.2, 0) is 22.6 Å². The van der Waals surface area contributed by atoms with Gasteiger partial charge in [0.25, 0.3) is 0 Å². The van der Waals surface area contributed by atoms with Gasteiger partial charge in [0.15, 0.2) is 11.8 Å². The summed E-state index contributed by atoms with van der Waals surface area (Å²) in [7, 11) is 0. The maximum atomic E-state index is 12.4. The smallest absolute Gasteiger partial charge is 0.309 e. The molecule has 1 aliphatic carbocycles. The van der Waals surface area contributed by atoms with Gasteiger partial charge in [0.05, 0.1) is 19.4 Å². The number of carbonyl (C=O) groups is 2. The molecule has 6 heteroatoms. The second-order valence-corrected chi connectivity index (χ2v) is 8.19. The molecule has 4 rings (SSSR count). The van der Waals surface area contributed by atoms with Gasteiger partial charge in [-0.1, -0.05) is 43.5 Å². The van der Waals surface area contributed by atoms with Gasteiger partial charge in [-0.2, -0.15) is 0 Å². The lowest BCUT2D eigenvalue weighted by Gasteiger charge is -2.31. The minimum Gasteiger partial charge on any atom is -0.463 e. The summed E-state index contributed by atoms with van der Waals surface area (Å²) in [6.45, 7) is 2.22. The summed E-state index contributed by atoms with van der Waals surface area (Å²) < 4.78 is 5.68. The molecule has 1 aromatic carbocycles. The van der Waals surface area contributed by atoms with Crippen molar-refractivity contribution >= 4 is 11.8 Å². The molecule has 1 unspecified atom stereocenters. The maximum Gasteiger partial charge on any atom is 0.309 e. The molecule has 154 valence electrons. The molecule has 3 N–H and O–H groups in total. The molecule has 1 aliphatic heterocycles. The van der Waals surface area contributed by atoms with Gasteiger partial charge in [0.2, 0.25) is 0 Å². The molecule has 2 amide bonds. The fourth-order valence-corrected chi connectivity index (χ4v) is 4.61. The van der Waals surface area contributed by atoms with E-state index >= 15 is 0 Å². The molecule has 29 heavy (non-hydrogen) atoms. The van der Waals surface area contributed by atoms with E-state index in [9.17, 15) is 9.59 Å². The number of amides is 2. The van der Waals surface area contributed by atoms with Crippen molar-refractivity contribution in [2.75, 3.05) is 13.1 Å². The molecule has 0 radical (unpaired) electrons. The zero-order chi connectivity index (χ0) is 20.1. The van der Waals surface area contributed by atoms with Crippen LogP contribution in [0.15, 0.2) is 47.1 Å². The number of fused-ring (bicyclic) bond motifs is 1. The van der Waals surface area contributed by atoms with E-state index in [1.54, 1.807) is 6.26 Å². The number of quaternary nitrogens is 1. The van der Waals surface area contributed by atoms with Crippen molar-refractivity contribution in [3.63, 3.8) is 0 Å². The van der Waals surface area contributed by atoms with E-state index in [1.807, 2.05) is 12.1 Å². The Morgan fingerprint density at radius 3 is 2.59 bits per heavy atom. The van der Waals surface area contributed by atoms with Gasteiger partial charge in [-0.05, 0) is 30.5 Å². The Kier molecular flexibility index (Phi) is 6.30. The first-order chi connectivity index (χ1) is 14.2. The first-order valence-electron chi connectivity index (χ1n) is 10.7. The van der Waals surface area contributed by atoms with Gasteiger partial charge in [-0.15, -0.1) is 0 Å². The summed E-state index contributed by atoms with van der Waals surface area (Å²) in [6, 6.07) is 12.4. The summed E-state index contributed by atoms with van der Waals surface area (Å²) in [5, 5.41) is 5.74. The highest BCUT2D eigenvalue weighted by Gasteiger charge is 2.31. The standard InChI is InChI=1S/C23H29N3O3/c27-22(23(28)25-19-9-2-1-3-10-19)24-15-20(21-11-6-14-29-21)26-13-12-17-7-4-5-8-18(17)16-26/h4-8,11,14,19-20H,1-3,9-10,12-13,15-16H2,(H,24,27)(H,25,28)/p+1/t20-/m0/s1. The number of rotatable bonds is 5. The van der Waals surface area contributed by atoms with Crippen LogP contribution in [-0.4, -0.2) is 30.9 Å². The van der Waals surface area contributed by atoms with Crippen molar-refractivity contribution in [1.29, 1.82) is 0 Å². The molecular weight excluding hydrogens is 366 g/mol. The molecule has 0 spiro atoms. The summed E-state index contributed by atoms with van der Waals surface area (Å²) in [4.78, 5) is 26.0. The van der Waals surface area contributed by atoms with E-state index < -0.39 is 11.8 Å². The van der Waals surface area contributed by atoms with Crippen LogP contribution in [0.25, 0.3) is 0 Å². The van der Waals surface area contributed by atoms with Crippen LogP contribution >= 0.6 is 0 Å². The van der Waals surface area contributed by atoms with Crippen LogP contribution in [0.5, 0.6) is 0 Å². The fraction of sp³-hybridized carbons (Fsp3) is 0.478. The lowest BCUT2D eigenvalue weighted by molar-refractivity contribution is -0.946. The van der Waals surface area contributed by atoms with E-state index in [4.69, 9.17) is 4.42 Å². The van der Waals surface area contributed by atoms with Gasteiger partial charge >= 0.3 is 11.8 Å². The molecule has 1 saturated carbocycles. The quantitative estimate of drug-likeness (QED) is 0.671. The molecule has 6 nitrogen and oxygen atoms in total. The molecule has 2 aliphatic rings. The van der Waals surface area contributed by atoms with Crippen LogP contribution in [0.4, 0.5) is 0 Å². The van der Waals surface area contributed by atoms with Crippen molar-refractivity contribution in [1.82, 2.24) is 10.6 Å². The van der Waals surface area contributed by atoms with Crippen LogP contribution in [0.3, 0.4) is 0 Å². The third kappa shape index (κ3) is 4.88. The van der Waals surface area contributed by atoms with Crippen molar-refractivity contribution in [3.8, 4) is 0 Å². The molecule has 2 heterocycles. The number of hydrogen-bond acceptors (Lipinski definition) is 3. The molecule has 2 aromatic rings. The van der Waals surface area contributed by atoms with Gasteiger partial charge in [0.1, 0.15) is 6.54 Å². The first kappa shape index (κ1) is 19.7. The number of furan rings is 1. The summed E-state index contributed by atoms with van der Waals surface area (Å²) in [5.74, 6) is -0.231. The molecule has 1 fully saturated rings. The van der Waals surface area contributed by atoms with E-state index in [1.165, 1.54) is 22.4 Å². The topological polar surface area (TPSA) is 75.8 Å². The van der Waals surface area contributed by atoms with Crippen LogP contribution in [0.2, 0.25) is 0 Å². The predicted molar refractivity (Wildman–Crippen MR) is 109 cm³/mol. The number of hydrogen-bond donors (Lipinski definition) is 3. The highest BCUT2D eigenvalue weighted by Crippen LogP contribution is 2.17. The lowest BCUT2D eigenvalue weighted by Crippen LogP contribution is -3.12. The van der Waals surface area contributed by atoms with Crippen molar-refractivity contribution in [2.45, 2.75) is 57.2 Å². The van der Waals surface area contributed by atoms with Gasteiger partial charge in [-0.3, -0.25) is 9.59 Å². The van der Waals surface area contributed by atoms with E-state index in [-0.39, 0.29) is 12.1 Å². The highest BCUT2D eigenvalue weighted by atomic mass is 16.3. The Labute approximate surface area is 171 Å². The second kappa shape index (κ2) is 9.27. The third-order valence-electron chi connectivity index (χ3n) is 6.24. The van der Waals surface area contributed by atoms with Gasteiger partial charge in [0, 0.05) is 18.0 Å². The molecule has 2 atom stereocenters. The zero-order valence-electron chi connectivity index (χ0n) is 16.8. The van der Waals surface area contributed by atoms with Crippen molar-refractivity contribution in [2.24, 2.45) is 0 Å². The minimum absolute atomic E-state index is 0.0233. The summed E-state index contributed by atoms with van der Waals surface area (Å²) in [5.41, 5.74) is 2.73. The Morgan fingerprint density at radius 2 is 1.83 bits per heavy atom. The molecule has 1 aromatic heterocycles. The van der Waals surface area contributed by atoms with Gasteiger partial charge in [-0.25, -0.2) is 0 Å². The fourth-order valence-electron chi connectivity index (χ4n) is 4.61. The number of carbonyl (C=O) groups excluding carboxylic acids is 2. The SMILES string of the molecule is O=C(NC[C@@H](c1ccco1)[NH+]1CCc2ccccc2C1)C(=O)NC1CCCCC1. The van der Waals surface area contributed by atoms with Crippen molar-refractivity contribution in [3.05, 3.63) is 59.5 Å². The van der Waals surface area contributed by atoms with Crippen LogP contribution in [0.1, 0.15) is 55.0 Å². The third-order valence-corrected chi connectivity index (χ3v) is 6.24. The second-order valence-electron chi connectivity index (χ2n) is 8.19.